The number of amides is 2. The summed E-state index contributed by atoms with van der Waals surface area (Å²) in [5.74, 6) is 4.87. The molecule has 0 aromatic carbocycles. The summed E-state index contributed by atoms with van der Waals surface area (Å²) in [4.78, 5) is 29.7. The van der Waals surface area contributed by atoms with Gasteiger partial charge in [-0.05, 0) is 81.5 Å². The fourth-order valence-electron chi connectivity index (χ4n) is 7.18. The smallest absolute Gasteiger partial charge is 0.228 e. The van der Waals surface area contributed by atoms with Crippen molar-refractivity contribution in [2.75, 3.05) is 26.2 Å². The summed E-state index contributed by atoms with van der Waals surface area (Å²) in [5.41, 5.74) is -0.0812. The lowest BCUT2D eigenvalue weighted by molar-refractivity contribution is -0.145. The number of hydrogen-bond donors (Lipinski definition) is 0. The molecule has 0 aromatic rings. The Balaban J connectivity index is 1.07. The average Bonchev–Trinajstić information content (AvgIpc) is 3.34. The van der Waals surface area contributed by atoms with Crippen LogP contribution < -0.4 is 0 Å². The Bertz CT molecular complexity index is 627. The third-order valence-electron chi connectivity index (χ3n) is 9.51. The van der Waals surface area contributed by atoms with Gasteiger partial charge in [-0.3, -0.25) is 9.59 Å². The van der Waals surface area contributed by atoms with Gasteiger partial charge in [0, 0.05) is 37.5 Å². The van der Waals surface area contributed by atoms with Crippen molar-refractivity contribution < 1.29 is 9.59 Å². The van der Waals surface area contributed by atoms with Gasteiger partial charge in [0.05, 0.1) is 0 Å². The molecule has 4 aliphatic carbocycles. The molecule has 0 bridgehead atoms. The topological polar surface area (TPSA) is 40.6 Å². The zero-order valence-electron chi connectivity index (χ0n) is 18.4. The molecule has 1 saturated heterocycles. The van der Waals surface area contributed by atoms with Crippen LogP contribution >= 0.6 is 0 Å². The standard InChI is InChI=1S/C25H40N2O2/c1-25(11-12-25)24(29)27-15-13-26(14-16-27)23(28)20-8-5-19(6-9-20)22-10-7-18-3-2-4-21(18)17-22/h18-22H,2-17H2,1H3. The van der Waals surface area contributed by atoms with Gasteiger partial charge in [0.2, 0.25) is 11.8 Å². The summed E-state index contributed by atoms with van der Waals surface area (Å²) in [6.07, 6.45) is 15.7. The van der Waals surface area contributed by atoms with Crippen LogP contribution in [0.25, 0.3) is 0 Å². The largest absolute Gasteiger partial charge is 0.339 e. The third-order valence-corrected chi connectivity index (χ3v) is 9.51. The molecule has 5 aliphatic rings. The Morgan fingerprint density at radius 2 is 1.21 bits per heavy atom. The number of piperazine rings is 1. The Hall–Kier alpha value is -1.06. The van der Waals surface area contributed by atoms with Gasteiger partial charge in [-0.1, -0.05) is 26.2 Å². The van der Waals surface area contributed by atoms with Gasteiger partial charge in [-0.15, -0.1) is 0 Å². The minimum Gasteiger partial charge on any atom is -0.339 e. The van der Waals surface area contributed by atoms with Crippen LogP contribution in [0.2, 0.25) is 0 Å². The molecular weight excluding hydrogens is 360 g/mol. The van der Waals surface area contributed by atoms with Crippen LogP contribution in [0.5, 0.6) is 0 Å². The lowest BCUT2D eigenvalue weighted by Crippen LogP contribution is -2.53. The van der Waals surface area contributed by atoms with E-state index in [4.69, 9.17) is 0 Å². The Morgan fingerprint density at radius 1 is 0.690 bits per heavy atom. The SMILES string of the molecule is CC1(C(=O)N2CCN(C(=O)C3CCC(C4CCC5CCCC5C4)CC3)CC2)CC1. The number of carbonyl (C=O) groups excluding carboxylic acids is 2. The average molecular weight is 401 g/mol. The van der Waals surface area contributed by atoms with Crippen LogP contribution in [0.3, 0.4) is 0 Å². The van der Waals surface area contributed by atoms with Crippen LogP contribution in [-0.2, 0) is 9.59 Å². The van der Waals surface area contributed by atoms with E-state index in [0.29, 0.717) is 11.8 Å². The van der Waals surface area contributed by atoms with E-state index in [1.165, 1.54) is 51.4 Å². The van der Waals surface area contributed by atoms with Gasteiger partial charge in [0.15, 0.2) is 0 Å². The first-order valence-electron chi connectivity index (χ1n) is 12.6. The lowest BCUT2D eigenvalue weighted by Gasteiger charge is -2.41. The maximum Gasteiger partial charge on any atom is 0.228 e. The monoisotopic (exact) mass is 400 g/mol. The lowest BCUT2D eigenvalue weighted by atomic mass is 9.66. The van der Waals surface area contributed by atoms with Gasteiger partial charge in [0.1, 0.15) is 0 Å². The molecule has 0 aromatic heterocycles. The molecule has 1 aliphatic heterocycles. The highest BCUT2D eigenvalue weighted by Crippen LogP contribution is 2.49. The number of hydrogen-bond acceptors (Lipinski definition) is 2. The highest BCUT2D eigenvalue weighted by atomic mass is 16.2. The molecule has 4 saturated carbocycles. The van der Waals surface area contributed by atoms with E-state index >= 15 is 0 Å². The molecule has 3 unspecified atom stereocenters. The van der Waals surface area contributed by atoms with Crippen LogP contribution in [0.15, 0.2) is 0 Å². The van der Waals surface area contributed by atoms with Crippen molar-refractivity contribution in [3.63, 3.8) is 0 Å². The second-order valence-corrected chi connectivity index (χ2v) is 11.3. The minimum atomic E-state index is -0.0812. The second-order valence-electron chi connectivity index (χ2n) is 11.3. The maximum absolute atomic E-state index is 13.1. The van der Waals surface area contributed by atoms with Crippen LogP contribution in [0.1, 0.15) is 84.0 Å². The predicted molar refractivity (Wildman–Crippen MR) is 114 cm³/mol. The predicted octanol–water partition coefficient (Wildman–Crippen LogP) is 4.48. The molecule has 4 nitrogen and oxygen atoms in total. The molecule has 5 fully saturated rings. The first-order valence-corrected chi connectivity index (χ1v) is 12.6. The number of fused-ring (bicyclic) bond motifs is 1. The summed E-state index contributed by atoms with van der Waals surface area (Å²) in [7, 11) is 0. The molecule has 1 heterocycles. The molecule has 0 radical (unpaired) electrons. The quantitative estimate of drug-likeness (QED) is 0.701. The van der Waals surface area contributed by atoms with Gasteiger partial charge in [-0.25, -0.2) is 0 Å². The van der Waals surface area contributed by atoms with Crippen molar-refractivity contribution in [3.05, 3.63) is 0 Å². The fourth-order valence-corrected chi connectivity index (χ4v) is 7.18. The molecule has 5 rings (SSSR count). The molecule has 4 heteroatoms. The van der Waals surface area contributed by atoms with Crippen molar-refractivity contribution >= 4 is 11.8 Å². The second kappa shape index (κ2) is 7.89. The van der Waals surface area contributed by atoms with Gasteiger partial charge in [0.25, 0.3) is 0 Å². The van der Waals surface area contributed by atoms with Gasteiger partial charge in [-0.2, -0.15) is 0 Å². The maximum atomic E-state index is 13.1. The Morgan fingerprint density at radius 3 is 1.90 bits per heavy atom. The minimum absolute atomic E-state index is 0.0812. The summed E-state index contributed by atoms with van der Waals surface area (Å²) in [6.45, 7) is 5.04. The van der Waals surface area contributed by atoms with E-state index in [9.17, 15) is 9.59 Å². The highest BCUT2D eigenvalue weighted by Gasteiger charge is 2.47. The Kier molecular flexibility index (Phi) is 5.41. The molecule has 0 spiro atoms. The van der Waals surface area contributed by atoms with Crippen molar-refractivity contribution in [2.24, 2.45) is 35.0 Å². The molecule has 3 atom stereocenters. The number of nitrogens with zero attached hydrogens (tertiary/aromatic N) is 2. The molecule has 0 N–H and O–H groups in total. The zero-order chi connectivity index (χ0) is 20.0. The van der Waals surface area contributed by atoms with E-state index < -0.39 is 0 Å². The first-order chi connectivity index (χ1) is 14.0. The van der Waals surface area contributed by atoms with E-state index in [-0.39, 0.29) is 11.3 Å². The molecule has 2 amide bonds. The van der Waals surface area contributed by atoms with Gasteiger partial charge < -0.3 is 9.80 Å². The van der Waals surface area contributed by atoms with Crippen LogP contribution in [0, 0.1) is 35.0 Å². The van der Waals surface area contributed by atoms with Gasteiger partial charge >= 0.3 is 0 Å². The van der Waals surface area contributed by atoms with Crippen molar-refractivity contribution in [1.29, 1.82) is 0 Å². The first kappa shape index (κ1) is 19.9. The van der Waals surface area contributed by atoms with E-state index in [2.05, 4.69) is 11.8 Å². The molecule has 29 heavy (non-hydrogen) atoms. The zero-order valence-corrected chi connectivity index (χ0v) is 18.4. The van der Waals surface area contributed by atoms with Crippen molar-refractivity contribution in [3.8, 4) is 0 Å². The Labute approximate surface area is 176 Å². The van der Waals surface area contributed by atoms with Crippen LogP contribution in [-0.4, -0.2) is 47.8 Å². The highest BCUT2D eigenvalue weighted by molar-refractivity contribution is 5.85. The summed E-state index contributed by atoms with van der Waals surface area (Å²) in [6, 6.07) is 0. The number of rotatable bonds is 3. The van der Waals surface area contributed by atoms with Crippen LogP contribution in [0.4, 0.5) is 0 Å². The summed E-state index contributed by atoms with van der Waals surface area (Å²) < 4.78 is 0. The molecule has 162 valence electrons. The van der Waals surface area contributed by atoms with Crippen molar-refractivity contribution in [1.82, 2.24) is 9.80 Å². The normalized spacial score (nSPS) is 39.1. The fraction of sp³-hybridized carbons (Fsp3) is 0.920. The van der Waals surface area contributed by atoms with E-state index in [1.807, 2.05) is 4.90 Å². The third kappa shape index (κ3) is 3.97. The van der Waals surface area contributed by atoms with Crippen molar-refractivity contribution in [2.45, 2.75) is 84.0 Å². The molecular formula is C25H40N2O2. The summed E-state index contributed by atoms with van der Waals surface area (Å²) >= 11 is 0. The van der Waals surface area contributed by atoms with E-state index in [1.54, 1.807) is 0 Å². The number of carbonyl (C=O) groups is 2. The van der Waals surface area contributed by atoms with E-state index in [0.717, 1.165) is 75.5 Å². The summed E-state index contributed by atoms with van der Waals surface area (Å²) in [5, 5.41) is 0.